The molecule has 3 heterocycles. The van der Waals surface area contributed by atoms with Crippen molar-refractivity contribution in [3.63, 3.8) is 0 Å². The Morgan fingerprint density at radius 1 is 0.507 bits per heavy atom. The predicted octanol–water partition coefficient (Wildman–Crippen LogP) is 25.7. The second-order valence-electron chi connectivity index (χ2n) is 33.9. The van der Waals surface area contributed by atoms with Crippen LogP contribution in [0.3, 0.4) is 0 Å². The first kappa shape index (κ1) is 126. The lowest BCUT2D eigenvalue weighted by Gasteiger charge is -2.25. The minimum atomic E-state index is -3.46. The van der Waals surface area contributed by atoms with E-state index in [-0.39, 0.29) is 95.3 Å². The highest BCUT2D eigenvalue weighted by molar-refractivity contribution is 7.98. The number of aryl methyl sites for hydroxylation is 3. The first-order chi connectivity index (χ1) is 69.8. The summed E-state index contributed by atoms with van der Waals surface area (Å²) in [6.07, 6.45) is 46.0. The Labute approximate surface area is 879 Å². The van der Waals surface area contributed by atoms with Crippen LogP contribution in [0, 0.1) is 78.2 Å². The number of benzene rings is 8. The number of rotatable bonds is 18. The molecule has 1 N–H and O–H groups in total. The number of hydrogen-bond donors (Lipinski definition) is 1. The highest BCUT2D eigenvalue weighted by Gasteiger charge is 2.48. The molecule has 0 spiro atoms. The van der Waals surface area contributed by atoms with Gasteiger partial charge in [-0.25, -0.2) is 25.3 Å². The summed E-state index contributed by atoms with van der Waals surface area (Å²) in [4.78, 5) is 79.4. The number of nitrogens with zero attached hydrogens (tertiary/aromatic N) is 1. The lowest BCUT2D eigenvalue weighted by Crippen LogP contribution is -2.24. The van der Waals surface area contributed by atoms with Gasteiger partial charge < -0.3 is 42.9 Å². The van der Waals surface area contributed by atoms with E-state index < -0.39 is 63.5 Å². The summed E-state index contributed by atoms with van der Waals surface area (Å²) in [5.74, 6) is 3.07. The Hall–Kier alpha value is -14.6. The van der Waals surface area contributed by atoms with E-state index in [1.54, 1.807) is 101 Å². The van der Waals surface area contributed by atoms with Gasteiger partial charge in [-0.2, -0.15) is 0 Å². The number of para-hydroxylation sites is 3. The molecule has 0 saturated heterocycles. The summed E-state index contributed by atoms with van der Waals surface area (Å²) in [5.41, 5.74) is 12.0. The number of allylic oxidation sites excluding steroid dienone is 19. The fourth-order valence-electron chi connectivity index (χ4n) is 16.6. The van der Waals surface area contributed by atoms with Gasteiger partial charge >= 0.3 is 29.8 Å². The van der Waals surface area contributed by atoms with Crippen LogP contribution in [-0.4, -0.2) is 136 Å². The van der Waals surface area contributed by atoms with Gasteiger partial charge in [0.1, 0.15) is 47.9 Å². The van der Waals surface area contributed by atoms with Crippen molar-refractivity contribution in [1.29, 1.82) is 0 Å². The standard InChI is InChI=1S/C16H18O2.C15H14O4S.C14H12.C13H18O4.C11H12O4S.C11H14O4S.C10H11N.C8H8O.C7H7NO2S.C7H8O.3C2H4.2CH4/c1-11(17)18-10-16-14-8-4-2-6-12(14)13-7-3-5-9-15(13)16;1-10(16)19-9-13-8-12-7-6-11-4-2-3-5-14(11)15(12)20(13,17)18;1-2-6-12-10-14-8-4-3-7-13(14)9-11(12)5-1;1-9(14)17-13(2,3)10-6-11(15-4)8-12(7-10)16-5;1-8(12)15-7-10-6-9-4-2-3-5-11(9)16(10,13)14;1-9-3-5-11(6-4-9)16(13,14)8-7-15-10(2)12;1-7-8(2)11-10-6-4-3-5-9(7)10;1-7(9)8-5-3-2-4-6-8;1-11-7-5-3-2-4-6(7)8(9)10;1-8-7-5-3-2-4-6-7;3*1-2;;/h2-9,12-16H,10H2,1H3;2-8,12,15H,9H2,1H3;1-9,12H,10H2;6-8H,1-5H3;2-6,9,11H,7H2,1H3;3-6H,7-8H2,1-2H3;3-6,11H,1-2H3;2-6H,1H3;2-5H,1H3;2-6H,1H3;3*1-2H2;2*1H4. The number of carbonyl (C=O) groups is 6. The molecule has 0 bridgehead atoms. The number of sulfone groups is 3. The number of thioether (sulfide) groups is 1. The molecular weight excluding hydrogens is 1950 g/mol. The molecule has 8 aromatic carbocycles. The van der Waals surface area contributed by atoms with Gasteiger partial charge in [0.15, 0.2) is 35.3 Å². The Balaban J connectivity index is 0.000000343. The number of fused-ring (bicyclic) bond motifs is 10. The maximum absolute atomic E-state index is 12.6. The fourth-order valence-corrected chi connectivity index (χ4v) is 22.1. The number of nitro groups is 1. The molecule has 148 heavy (non-hydrogen) atoms. The van der Waals surface area contributed by atoms with Gasteiger partial charge in [-0.3, -0.25) is 38.9 Å². The number of Topliss-reactive ketones (excluding diaryl/α,β-unsaturated/α-hetero) is 1. The highest BCUT2D eigenvalue weighted by Crippen LogP contribution is 2.52. The number of ketones is 1. The predicted molar refractivity (Wildman–Crippen MR) is 599 cm³/mol. The van der Waals surface area contributed by atoms with Gasteiger partial charge in [-0.15, -0.1) is 51.2 Å². The van der Waals surface area contributed by atoms with Crippen molar-refractivity contribution in [2.45, 2.75) is 123 Å². The molecule has 9 unspecified atom stereocenters. The Bertz CT molecular complexity index is 6600. The second-order valence-corrected chi connectivity index (χ2v) is 41.1. The summed E-state index contributed by atoms with van der Waals surface area (Å²) in [6.45, 7) is 36.1. The van der Waals surface area contributed by atoms with Gasteiger partial charge in [-0.05, 0) is 160 Å². The summed E-state index contributed by atoms with van der Waals surface area (Å²) < 4.78 is 113. The third-order valence-electron chi connectivity index (χ3n) is 23.8. The third-order valence-corrected chi connectivity index (χ3v) is 30.6. The normalized spacial score (nSPS) is 18.7. The monoisotopic (exact) mass is 2090 g/mol. The Morgan fingerprint density at radius 3 is 1.51 bits per heavy atom. The molecular formula is C120H142N2O22S4. The van der Waals surface area contributed by atoms with Gasteiger partial charge in [0.05, 0.1) is 63.5 Å². The number of carbonyl (C=O) groups excluding carboxylic acids is 6. The summed E-state index contributed by atoms with van der Waals surface area (Å²) in [6, 6.07) is 62.1. The van der Waals surface area contributed by atoms with E-state index in [0.29, 0.717) is 58.5 Å². The van der Waals surface area contributed by atoms with Crippen LogP contribution in [0.15, 0.2) is 380 Å². The highest BCUT2D eigenvalue weighted by atomic mass is 32.2. The number of hydrogen-bond acceptors (Lipinski definition) is 23. The summed E-state index contributed by atoms with van der Waals surface area (Å²) in [5, 5.41) is 10.6. The molecule has 24 nitrogen and oxygen atoms in total. The topological polar surface area (TPSA) is 338 Å². The zero-order chi connectivity index (χ0) is 108. The number of H-pyrrole nitrogens is 1. The first-order valence-electron chi connectivity index (χ1n) is 46.9. The molecule has 9 aliphatic rings. The summed E-state index contributed by atoms with van der Waals surface area (Å²) >= 11 is 1.38. The summed E-state index contributed by atoms with van der Waals surface area (Å²) in [7, 11) is -5.33. The van der Waals surface area contributed by atoms with Gasteiger partial charge in [-0.1, -0.05) is 288 Å². The van der Waals surface area contributed by atoms with Crippen molar-refractivity contribution in [1.82, 2.24) is 4.98 Å². The van der Waals surface area contributed by atoms with Gasteiger partial charge in [0.25, 0.3) is 5.69 Å². The number of esters is 5. The van der Waals surface area contributed by atoms with Crippen LogP contribution >= 0.6 is 11.8 Å². The third kappa shape index (κ3) is 37.7. The molecule has 28 heteroatoms. The van der Waals surface area contributed by atoms with Crippen LogP contribution in [0.25, 0.3) is 23.1 Å². The van der Waals surface area contributed by atoms with Crippen LogP contribution in [0.4, 0.5) is 5.69 Å². The maximum Gasteiger partial charge on any atom is 0.303 e. The van der Waals surface area contributed by atoms with E-state index in [9.17, 15) is 64.1 Å². The number of nitrogens with one attached hydrogen (secondary N) is 1. The molecule has 1 saturated carbocycles. The number of methoxy groups -OCH3 is 3. The molecule has 9 aromatic rings. The maximum atomic E-state index is 12.6. The van der Waals surface area contributed by atoms with Crippen molar-refractivity contribution in [3.05, 3.63) is 431 Å². The second kappa shape index (κ2) is 63.1. The van der Waals surface area contributed by atoms with Gasteiger partial charge in [0.2, 0.25) is 0 Å². The zero-order valence-corrected chi connectivity index (χ0v) is 88.8. The van der Waals surface area contributed by atoms with E-state index >= 15 is 0 Å². The smallest absolute Gasteiger partial charge is 0.303 e. The quantitative estimate of drug-likeness (QED) is 0.0159. The van der Waals surface area contributed by atoms with E-state index in [0.717, 1.165) is 40.0 Å². The Kier molecular flexibility index (Phi) is 53.6. The molecule has 788 valence electrons. The molecule has 2 aliphatic heterocycles. The van der Waals surface area contributed by atoms with Crippen LogP contribution in [0.1, 0.15) is 130 Å². The average Bonchev–Trinajstić information content (AvgIpc) is 1.59. The SMILES string of the molecule is C.C.C1=CC2=Cc3ccccc3CC2C=C1.C=C.C=C.C=C.CC(=O)OCC1=CC2C=CC=CC2S1(=O)=O.CC(=O)OCC1=CC2C=Cc3ccccc3C2S1(=O)=O.CC(=O)OCC1C2C=CC=CC2C2C=CC=CC21.CC(=O)OCCS(=O)(=O)c1ccc(C)cc1.CC(=O)c1ccccc1.COc1cc(OC)cc(C(C)(C)OC(C)=O)c1.COc1ccccc1.CSc1ccccc1[N+](=O)[O-].Cc1[nH]c2ccccc2c1C. The molecule has 1 fully saturated rings. The largest absolute Gasteiger partial charge is 0.497 e. The van der Waals surface area contributed by atoms with E-state index in [1.807, 2.05) is 148 Å². The number of aromatic amines is 1. The number of aromatic nitrogens is 1. The van der Waals surface area contributed by atoms with E-state index in [1.165, 1.54) is 91.3 Å². The Morgan fingerprint density at radius 2 is 0.993 bits per heavy atom. The molecule has 18 rings (SSSR count). The molecule has 0 radical (unpaired) electrons. The first-order valence-corrected chi connectivity index (χ1v) is 52.9. The van der Waals surface area contributed by atoms with Crippen LogP contribution in [0.5, 0.6) is 17.2 Å². The fraction of sp³-hybridized carbons (Fsp3) is 0.283. The molecule has 1 aromatic heterocycles. The van der Waals surface area contributed by atoms with Crippen LogP contribution in [-0.2, 0) is 89.2 Å². The minimum Gasteiger partial charge on any atom is -0.497 e. The number of ether oxygens (including phenoxy) is 8. The minimum absolute atomic E-state index is 0. The average molecular weight is 2090 g/mol. The van der Waals surface area contributed by atoms with Crippen molar-refractivity contribution < 1.29 is 96.8 Å². The van der Waals surface area contributed by atoms with Crippen molar-refractivity contribution >= 4 is 106 Å². The van der Waals surface area contributed by atoms with Gasteiger partial charge in [0, 0.05) is 98.1 Å². The van der Waals surface area contributed by atoms with Crippen LogP contribution < -0.4 is 14.2 Å². The van der Waals surface area contributed by atoms with Crippen molar-refractivity contribution in [2.75, 3.05) is 59.8 Å². The molecule has 0 amide bonds. The van der Waals surface area contributed by atoms with E-state index in [2.05, 4.69) is 191 Å². The lowest BCUT2D eigenvalue weighted by molar-refractivity contribution is -0.387. The molecule has 7 aliphatic carbocycles. The van der Waals surface area contributed by atoms with E-state index in [4.69, 9.17) is 33.2 Å². The zero-order valence-electron chi connectivity index (χ0n) is 85.5. The number of nitro benzene ring substituents is 1. The molecule has 9 atom stereocenters. The van der Waals surface area contributed by atoms with Crippen LogP contribution in [0.2, 0.25) is 0 Å². The lowest BCUT2D eigenvalue weighted by atomic mass is 9.81. The van der Waals surface area contributed by atoms with Crippen molar-refractivity contribution in [3.8, 4) is 17.2 Å². The van der Waals surface area contributed by atoms with Crippen molar-refractivity contribution in [2.24, 2.45) is 47.3 Å².